The first-order valence-corrected chi connectivity index (χ1v) is 4.32. The van der Waals surface area contributed by atoms with Crippen LogP contribution in [0.3, 0.4) is 0 Å². The molecule has 8 nitrogen and oxygen atoms in total. The van der Waals surface area contributed by atoms with E-state index in [-0.39, 0.29) is 17.0 Å². The van der Waals surface area contributed by atoms with Gasteiger partial charge in [0.15, 0.2) is 5.65 Å². The zero-order chi connectivity index (χ0) is 11.9. The molecule has 0 fully saturated rings. The summed E-state index contributed by atoms with van der Waals surface area (Å²) in [5.41, 5.74) is -1.06. The highest BCUT2D eigenvalue weighted by Gasteiger charge is 2.15. The van der Waals surface area contributed by atoms with E-state index in [1.54, 1.807) is 0 Å². The monoisotopic (exact) mass is 224 g/mol. The molecule has 84 valence electrons. The first-order valence-electron chi connectivity index (χ1n) is 4.32. The molecule has 2 rings (SSSR count). The van der Waals surface area contributed by atoms with E-state index in [4.69, 9.17) is 0 Å². The molecule has 16 heavy (non-hydrogen) atoms. The van der Waals surface area contributed by atoms with E-state index in [0.717, 1.165) is 4.57 Å². The van der Waals surface area contributed by atoms with Crippen molar-refractivity contribution in [3.05, 3.63) is 26.7 Å². The highest BCUT2D eigenvalue weighted by atomic mass is 16.5. The van der Waals surface area contributed by atoms with Gasteiger partial charge in [-0.25, -0.2) is 14.6 Å². The summed E-state index contributed by atoms with van der Waals surface area (Å²) in [6.45, 7) is 0. The maximum atomic E-state index is 11.4. The molecular formula is C8H8N4O4. The number of carbonyl (C=O) groups is 1. The number of fused-ring (bicyclic) bond motifs is 1. The fourth-order valence-electron chi connectivity index (χ4n) is 1.30. The van der Waals surface area contributed by atoms with Crippen LogP contribution < -0.4 is 11.2 Å². The Bertz CT molecular complexity index is 677. The Labute approximate surface area is 87.9 Å². The number of nitrogens with zero attached hydrogens (tertiary/aromatic N) is 2. The van der Waals surface area contributed by atoms with Crippen molar-refractivity contribution in [3.63, 3.8) is 0 Å². The van der Waals surface area contributed by atoms with Gasteiger partial charge >= 0.3 is 11.7 Å². The number of hydrogen-bond donors (Lipinski definition) is 2. The van der Waals surface area contributed by atoms with Crippen LogP contribution in [-0.4, -0.2) is 32.6 Å². The van der Waals surface area contributed by atoms with Gasteiger partial charge in [0.25, 0.3) is 5.56 Å². The van der Waals surface area contributed by atoms with Gasteiger partial charge in [-0.2, -0.15) is 0 Å². The number of aromatic amines is 2. The molecule has 2 aromatic rings. The topological polar surface area (TPSA) is 110 Å². The van der Waals surface area contributed by atoms with Gasteiger partial charge in [0, 0.05) is 7.05 Å². The normalized spacial score (nSPS) is 10.6. The summed E-state index contributed by atoms with van der Waals surface area (Å²) >= 11 is 0. The molecule has 0 saturated carbocycles. The van der Waals surface area contributed by atoms with Crippen LogP contribution >= 0.6 is 0 Å². The summed E-state index contributed by atoms with van der Waals surface area (Å²) in [5.74, 6) is -0.827. The van der Waals surface area contributed by atoms with Crippen LogP contribution in [0.25, 0.3) is 11.2 Å². The van der Waals surface area contributed by atoms with Crippen molar-refractivity contribution >= 4 is 17.1 Å². The number of aromatic nitrogens is 4. The average molecular weight is 224 g/mol. The number of rotatable bonds is 1. The zero-order valence-electron chi connectivity index (χ0n) is 8.53. The summed E-state index contributed by atoms with van der Waals surface area (Å²) < 4.78 is 5.57. The molecule has 0 spiro atoms. The van der Waals surface area contributed by atoms with Crippen LogP contribution in [0.5, 0.6) is 0 Å². The molecule has 0 aliphatic heterocycles. The predicted octanol–water partition coefficient (Wildman–Crippen LogP) is -1.26. The molecule has 0 amide bonds. The van der Waals surface area contributed by atoms with Crippen molar-refractivity contribution in [2.45, 2.75) is 0 Å². The van der Waals surface area contributed by atoms with Gasteiger partial charge < -0.3 is 9.72 Å². The molecule has 0 aromatic carbocycles. The van der Waals surface area contributed by atoms with Crippen LogP contribution in [0.1, 0.15) is 10.6 Å². The second-order valence-electron chi connectivity index (χ2n) is 3.09. The number of aryl methyl sites for hydroxylation is 1. The van der Waals surface area contributed by atoms with Crippen molar-refractivity contribution in [2.75, 3.05) is 7.11 Å². The van der Waals surface area contributed by atoms with Gasteiger partial charge in [-0.15, -0.1) is 0 Å². The van der Waals surface area contributed by atoms with E-state index in [9.17, 15) is 14.4 Å². The van der Waals surface area contributed by atoms with Crippen molar-refractivity contribution in [2.24, 2.45) is 7.05 Å². The van der Waals surface area contributed by atoms with Gasteiger partial charge in [0.1, 0.15) is 5.52 Å². The number of nitrogens with one attached hydrogen (secondary N) is 2. The Morgan fingerprint density at radius 1 is 1.38 bits per heavy atom. The minimum atomic E-state index is -0.706. The Morgan fingerprint density at radius 3 is 2.69 bits per heavy atom. The molecule has 0 bridgehead atoms. The third kappa shape index (κ3) is 1.31. The number of H-pyrrole nitrogens is 2. The first kappa shape index (κ1) is 10.1. The number of imidazole rings is 1. The molecule has 0 atom stereocenters. The van der Waals surface area contributed by atoms with Gasteiger partial charge in [0.2, 0.25) is 5.82 Å². The van der Waals surface area contributed by atoms with Gasteiger partial charge in [-0.3, -0.25) is 14.3 Å². The highest BCUT2D eigenvalue weighted by molar-refractivity contribution is 5.89. The molecule has 2 heterocycles. The molecule has 2 aromatic heterocycles. The van der Waals surface area contributed by atoms with E-state index < -0.39 is 17.2 Å². The number of carbonyl (C=O) groups excluding carboxylic acids is 1. The quantitative estimate of drug-likeness (QED) is 0.587. The van der Waals surface area contributed by atoms with Gasteiger partial charge in [0.05, 0.1) is 7.11 Å². The van der Waals surface area contributed by atoms with Gasteiger partial charge in [-0.1, -0.05) is 0 Å². The van der Waals surface area contributed by atoms with Crippen LogP contribution in [0.15, 0.2) is 9.59 Å². The third-order valence-corrected chi connectivity index (χ3v) is 2.13. The zero-order valence-corrected chi connectivity index (χ0v) is 8.53. The minimum Gasteiger partial charge on any atom is -0.463 e. The number of ether oxygens (including phenoxy) is 1. The first-order chi connectivity index (χ1) is 7.54. The van der Waals surface area contributed by atoms with Crippen LogP contribution in [0.2, 0.25) is 0 Å². The van der Waals surface area contributed by atoms with Gasteiger partial charge in [-0.05, 0) is 0 Å². The maximum Gasteiger partial charge on any atom is 0.374 e. The lowest BCUT2D eigenvalue weighted by molar-refractivity contribution is 0.0588. The van der Waals surface area contributed by atoms with Crippen molar-refractivity contribution in [1.29, 1.82) is 0 Å². The van der Waals surface area contributed by atoms with E-state index >= 15 is 0 Å². The Balaban J connectivity index is 2.85. The van der Waals surface area contributed by atoms with Crippen molar-refractivity contribution < 1.29 is 9.53 Å². The van der Waals surface area contributed by atoms with E-state index in [1.165, 1.54) is 14.2 Å². The molecule has 0 aliphatic carbocycles. The fourth-order valence-corrected chi connectivity index (χ4v) is 1.30. The van der Waals surface area contributed by atoms with E-state index in [0.29, 0.717) is 0 Å². The van der Waals surface area contributed by atoms with E-state index in [1.807, 2.05) is 0 Å². The summed E-state index contributed by atoms with van der Waals surface area (Å²) in [7, 11) is 2.63. The maximum absolute atomic E-state index is 11.4. The molecule has 0 saturated heterocycles. The lowest BCUT2D eigenvalue weighted by Gasteiger charge is -1.94. The summed E-state index contributed by atoms with van der Waals surface area (Å²) in [5, 5.41) is 0. The second-order valence-corrected chi connectivity index (χ2v) is 3.09. The molecule has 8 heteroatoms. The lowest BCUT2D eigenvalue weighted by Crippen LogP contribution is -2.28. The molecule has 0 aliphatic rings. The molecule has 2 N–H and O–H groups in total. The third-order valence-electron chi connectivity index (χ3n) is 2.13. The SMILES string of the molecule is COC(=O)c1nc2c([nH]1)c(=O)[nH]c(=O)n2C. The largest absolute Gasteiger partial charge is 0.463 e. The van der Waals surface area contributed by atoms with Crippen LogP contribution in [0, 0.1) is 0 Å². The predicted molar refractivity (Wildman–Crippen MR) is 53.3 cm³/mol. The fraction of sp³-hybridized carbons (Fsp3) is 0.250. The highest BCUT2D eigenvalue weighted by Crippen LogP contribution is 2.04. The van der Waals surface area contributed by atoms with Crippen LogP contribution in [-0.2, 0) is 11.8 Å². The smallest absolute Gasteiger partial charge is 0.374 e. The molecule has 0 unspecified atom stereocenters. The van der Waals surface area contributed by atoms with Crippen LogP contribution in [0.4, 0.5) is 0 Å². The van der Waals surface area contributed by atoms with E-state index in [2.05, 4.69) is 19.7 Å². The summed E-state index contributed by atoms with van der Waals surface area (Å²) in [6.07, 6.45) is 0. The second kappa shape index (κ2) is 3.33. The Morgan fingerprint density at radius 2 is 2.06 bits per heavy atom. The summed E-state index contributed by atoms with van der Waals surface area (Å²) in [4.78, 5) is 42.2. The molecular weight excluding hydrogens is 216 g/mol. The number of esters is 1. The Kier molecular flexibility index (Phi) is 2.11. The Hall–Kier alpha value is -2.38. The van der Waals surface area contributed by atoms with Crippen molar-refractivity contribution in [3.8, 4) is 0 Å². The standard InChI is InChI=1S/C8H8N4O4/c1-12-5-3(6(13)11-8(12)15)9-4(10-5)7(14)16-2/h1-2H3,(H,9,10)(H,11,13,15). The molecule has 0 radical (unpaired) electrons. The van der Waals surface area contributed by atoms with Crippen molar-refractivity contribution in [1.82, 2.24) is 19.5 Å². The lowest BCUT2D eigenvalue weighted by atomic mass is 10.5. The average Bonchev–Trinajstić information content (AvgIpc) is 2.70. The minimum absolute atomic E-state index is 0.0579. The number of methoxy groups -OCH3 is 1. The summed E-state index contributed by atoms with van der Waals surface area (Å²) in [6, 6.07) is 0. The number of hydrogen-bond acceptors (Lipinski definition) is 5.